The van der Waals surface area contributed by atoms with Crippen LogP contribution in [0.2, 0.25) is 0 Å². The third kappa shape index (κ3) is 5.45. The zero-order valence-electron chi connectivity index (χ0n) is 34.3. The molecule has 1 unspecified atom stereocenters. The van der Waals surface area contributed by atoms with Gasteiger partial charge in [-0.25, -0.2) is 19.6 Å². The van der Waals surface area contributed by atoms with Gasteiger partial charge in [0.1, 0.15) is 12.7 Å². The molecule has 0 amide bonds. The Labute approximate surface area is 317 Å². The monoisotopic (exact) mass is 731 g/mol. The second-order valence-corrected chi connectivity index (χ2v) is 20.7. The number of carboxylic acids is 1. The summed E-state index contributed by atoms with van der Waals surface area (Å²) < 4.78 is 16.1. The molecule has 1 saturated heterocycles. The number of allylic oxidation sites excluding steroid dienone is 1. The Morgan fingerprint density at radius 2 is 1.74 bits per heavy atom. The number of aromatic nitrogens is 5. The zero-order chi connectivity index (χ0) is 38.6. The summed E-state index contributed by atoms with van der Waals surface area (Å²) in [5, 5.41) is 16.1. The molecule has 0 aromatic carbocycles. The van der Waals surface area contributed by atoms with Crippen LogP contribution < -0.4 is 5.73 Å². The molecule has 10 nitrogen and oxygen atoms in total. The number of fused-ring (bicyclic) bond motifs is 3. The number of aliphatic carboxylic acids is 1. The lowest BCUT2D eigenvalue weighted by Gasteiger charge is -2.71. The van der Waals surface area contributed by atoms with Crippen LogP contribution in [0.25, 0.3) is 11.4 Å². The van der Waals surface area contributed by atoms with Gasteiger partial charge in [0.15, 0.2) is 5.82 Å². The molecule has 292 valence electrons. The normalized spacial score (nSPS) is 41.4. The Balaban J connectivity index is 1.35. The predicted molar refractivity (Wildman–Crippen MR) is 205 cm³/mol. The third-order valence-electron chi connectivity index (χ3n) is 17.1. The molecule has 10 heteroatoms. The molecular formula is C43H66N6O4. The van der Waals surface area contributed by atoms with Crippen LogP contribution in [0, 0.1) is 62.1 Å². The number of ether oxygens (including phenoxy) is 2. The van der Waals surface area contributed by atoms with Crippen molar-refractivity contribution in [2.24, 2.45) is 67.8 Å². The first kappa shape index (κ1) is 38.6. The minimum Gasteiger partial charge on any atom is -0.481 e. The Morgan fingerprint density at radius 3 is 2.38 bits per heavy atom. The van der Waals surface area contributed by atoms with Gasteiger partial charge < -0.3 is 20.3 Å². The summed E-state index contributed by atoms with van der Waals surface area (Å²) in [7, 11) is 0. The molecule has 2 aromatic rings. The predicted octanol–water partition coefficient (Wildman–Crippen LogP) is 8.01. The highest BCUT2D eigenvalue weighted by molar-refractivity contribution is 5.73. The van der Waals surface area contributed by atoms with Crippen molar-refractivity contribution in [3.8, 4) is 11.4 Å². The number of carboxylic acid groups (broad SMARTS) is 1. The van der Waals surface area contributed by atoms with Gasteiger partial charge in [0.25, 0.3) is 0 Å². The molecule has 53 heavy (non-hydrogen) atoms. The number of hydrogen-bond donors (Lipinski definition) is 2. The average molecular weight is 731 g/mol. The molecule has 4 aliphatic carbocycles. The largest absolute Gasteiger partial charge is 0.481 e. The number of nitrogens with two attached hydrogens (primary N) is 1. The fourth-order valence-electron chi connectivity index (χ4n) is 12.7. The Morgan fingerprint density at radius 1 is 1.04 bits per heavy atom. The highest BCUT2D eigenvalue weighted by Crippen LogP contribution is 2.75. The zero-order valence-corrected chi connectivity index (χ0v) is 34.3. The molecule has 3 N–H and O–H groups in total. The molecule has 0 radical (unpaired) electrons. The third-order valence-corrected chi connectivity index (χ3v) is 17.1. The van der Waals surface area contributed by atoms with E-state index in [0.717, 1.165) is 49.9 Å². The van der Waals surface area contributed by atoms with Gasteiger partial charge in [-0.05, 0) is 90.8 Å². The van der Waals surface area contributed by atoms with Crippen LogP contribution in [0.4, 0.5) is 0 Å². The minimum atomic E-state index is -0.630. The maximum Gasteiger partial charge on any atom is 0.307 e. The van der Waals surface area contributed by atoms with Gasteiger partial charge in [-0.3, -0.25) is 4.79 Å². The minimum absolute atomic E-state index is 0.150. The van der Waals surface area contributed by atoms with Crippen molar-refractivity contribution in [2.75, 3.05) is 19.8 Å². The molecular weight excluding hydrogens is 665 g/mol. The van der Waals surface area contributed by atoms with Gasteiger partial charge in [-0.2, -0.15) is 5.10 Å². The van der Waals surface area contributed by atoms with Crippen molar-refractivity contribution in [1.82, 2.24) is 24.7 Å². The first-order chi connectivity index (χ1) is 24.7. The van der Waals surface area contributed by atoms with E-state index in [4.69, 9.17) is 25.3 Å². The van der Waals surface area contributed by atoms with E-state index in [9.17, 15) is 9.90 Å². The van der Waals surface area contributed by atoms with Crippen molar-refractivity contribution < 1.29 is 19.4 Å². The molecule has 5 aliphatic rings. The van der Waals surface area contributed by atoms with Crippen LogP contribution in [0.3, 0.4) is 0 Å². The van der Waals surface area contributed by atoms with Gasteiger partial charge in [0.2, 0.25) is 0 Å². The van der Waals surface area contributed by atoms with Crippen LogP contribution >= 0.6 is 0 Å². The van der Waals surface area contributed by atoms with Gasteiger partial charge in [0.05, 0.1) is 43.4 Å². The summed E-state index contributed by atoms with van der Waals surface area (Å²) in [6.07, 6.45) is 14.7. The summed E-state index contributed by atoms with van der Waals surface area (Å²) in [5.74, 6) is 0.984. The lowest BCUT2D eigenvalue weighted by molar-refractivity contribution is -0.253. The molecule has 1 aliphatic heterocycles. The van der Waals surface area contributed by atoms with Gasteiger partial charge >= 0.3 is 5.97 Å². The smallest absolute Gasteiger partial charge is 0.307 e. The quantitative estimate of drug-likeness (QED) is 0.259. The van der Waals surface area contributed by atoms with E-state index in [1.165, 1.54) is 11.9 Å². The summed E-state index contributed by atoms with van der Waals surface area (Å²) in [5.41, 5.74) is 7.17. The molecule has 0 spiro atoms. The highest BCUT2D eigenvalue weighted by atomic mass is 16.5. The highest BCUT2D eigenvalue weighted by Gasteiger charge is 2.72. The first-order valence-corrected chi connectivity index (χ1v) is 20.2. The fourth-order valence-corrected chi connectivity index (χ4v) is 12.7. The summed E-state index contributed by atoms with van der Waals surface area (Å²) in [4.78, 5) is 27.0. The maximum atomic E-state index is 13.6. The van der Waals surface area contributed by atoms with E-state index < -0.39 is 17.4 Å². The van der Waals surface area contributed by atoms with E-state index in [1.807, 2.05) is 0 Å². The molecule has 2 bridgehead atoms. The van der Waals surface area contributed by atoms with E-state index in [0.29, 0.717) is 37.6 Å². The molecule has 3 heterocycles. The maximum absolute atomic E-state index is 13.6. The lowest BCUT2D eigenvalue weighted by Crippen LogP contribution is -2.69. The van der Waals surface area contributed by atoms with Crippen molar-refractivity contribution in [2.45, 2.75) is 132 Å². The fraction of sp³-hybridized carbons (Fsp3) is 0.791. The Kier molecular flexibility index (Phi) is 9.22. The molecule has 2 aromatic heterocycles. The van der Waals surface area contributed by atoms with Crippen LogP contribution in [0.5, 0.6) is 0 Å². The number of rotatable bonds is 8. The molecule has 4 fully saturated rings. The van der Waals surface area contributed by atoms with Gasteiger partial charge in [-0.1, -0.05) is 80.9 Å². The number of carbonyl (C=O) groups is 1. The molecule has 12 atom stereocenters. The topological polar surface area (TPSA) is 138 Å². The van der Waals surface area contributed by atoms with Crippen molar-refractivity contribution in [3.05, 3.63) is 36.7 Å². The Hall–Kier alpha value is -2.69. The van der Waals surface area contributed by atoms with Crippen molar-refractivity contribution >= 4 is 5.97 Å². The SMILES string of the molecule is CC(C)[C@@H](C)[C@@]1(C)CC[C@]2(C)[C@H]3CC[C@@H]4C5(COC[C@]4(C)[C@@H](OC[C@](C)(N)C(C)(C)C)[C@H](n4ncnc4-c4cncnc4)C5)C3=CC[C@@]2(C)[C@@H]1C(=O)O. The lowest BCUT2D eigenvalue weighted by atomic mass is 9.34. The summed E-state index contributed by atoms with van der Waals surface area (Å²) >= 11 is 0. The number of nitrogens with zero attached hydrogens (tertiary/aromatic N) is 5. The molecule has 7 rings (SSSR count). The van der Waals surface area contributed by atoms with Crippen LogP contribution in [-0.4, -0.2) is 67.3 Å². The summed E-state index contributed by atoms with van der Waals surface area (Å²) in [6, 6.07) is -0.150. The van der Waals surface area contributed by atoms with Crippen LogP contribution in [0.1, 0.15) is 121 Å². The number of hydrogen-bond acceptors (Lipinski definition) is 8. The van der Waals surface area contributed by atoms with Crippen molar-refractivity contribution in [3.63, 3.8) is 0 Å². The standard InChI is InChI=1S/C43H66N6O4/c1-26(2)27(3)38(7)16-17-40(9)29-12-13-32-39(8)21-52-23-43(32,30(29)14-15-41(40,10)33(38)36(50)51)18-31(34(39)53-22-42(11,44)37(4,5)6)49-35(47-25-48-49)28-19-45-24-46-20-28/h14,19-20,24-27,29,31-34H,12-13,15-18,21-23,44H2,1-11H3,(H,50,51)/t27-,29+,31-,32+,33-,34+,38-,39+,40-,41+,42+,43?/m1/s1. The van der Waals surface area contributed by atoms with E-state index in [2.05, 4.69) is 96.9 Å². The average Bonchev–Trinajstić information content (AvgIpc) is 3.57. The second-order valence-electron chi connectivity index (χ2n) is 20.7. The van der Waals surface area contributed by atoms with Gasteiger partial charge in [-0.15, -0.1) is 0 Å². The van der Waals surface area contributed by atoms with Gasteiger partial charge in [0, 0.05) is 28.8 Å². The van der Waals surface area contributed by atoms with Crippen LogP contribution in [-0.2, 0) is 14.3 Å². The summed E-state index contributed by atoms with van der Waals surface area (Å²) in [6.45, 7) is 26.5. The second kappa shape index (κ2) is 12.7. The van der Waals surface area contributed by atoms with E-state index in [-0.39, 0.29) is 50.6 Å². The van der Waals surface area contributed by atoms with E-state index in [1.54, 1.807) is 18.7 Å². The Bertz CT molecular complexity index is 1730. The molecule has 3 saturated carbocycles. The van der Waals surface area contributed by atoms with Crippen LogP contribution in [0.15, 0.2) is 36.7 Å². The van der Waals surface area contributed by atoms with Crippen molar-refractivity contribution in [1.29, 1.82) is 0 Å². The van der Waals surface area contributed by atoms with E-state index >= 15 is 0 Å². The first-order valence-electron chi connectivity index (χ1n) is 20.2.